The molecular formula is C16H16INO4S. The Kier molecular flexibility index (Phi) is 5.43. The van der Waals surface area contributed by atoms with Crippen molar-refractivity contribution in [3.05, 3.63) is 65.7 Å². The minimum atomic E-state index is -4.15. The van der Waals surface area contributed by atoms with E-state index in [0.717, 1.165) is 5.56 Å². The summed E-state index contributed by atoms with van der Waals surface area (Å²) >= 11 is 1.59. The molecule has 2 N–H and O–H groups in total. The van der Waals surface area contributed by atoms with Crippen molar-refractivity contribution in [1.29, 1.82) is 0 Å². The first-order chi connectivity index (χ1) is 10.8. The molecule has 0 amide bonds. The van der Waals surface area contributed by atoms with Gasteiger partial charge < -0.3 is 5.11 Å². The zero-order chi connectivity index (χ0) is 17.1. The molecule has 2 aromatic carbocycles. The number of hydrogen-bond acceptors (Lipinski definition) is 4. The molecule has 0 spiro atoms. The van der Waals surface area contributed by atoms with Gasteiger partial charge in [-0.25, -0.2) is 16.7 Å². The van der Waals surface area contributed by atoms with E-state index in [-0.39, 0.29) is 11.3 Å². The van der Waals surface area contributed by atoms with Gasteiger partial charge in [0.15, 0.2) is 0 Å². The predicted molar refractivity (Wildman–Crippen MR) is 96.0 cm³/mol. The van der Waals surface area contributed by atoms with Gasteiger partial charge in [0.2, 0.25) is 14.7 Å². The molecule has 1 unspecified atom stereocenters. The van der Waals surface area contributed by atoms with Gasteiger partial charge in [0.25, 0.3) is 0 Å². The lowest BCUT2D eigenvalue weighted by molar-refractivity contribution is -0.140. The van der Waals surface area contributed by atoms with E-state index in [4.69, 9.17) is 0 Å². The highest BCUT2D eigenvalue weighted by atomic mass is 127. The van der Waals surface area contributed by atoms with E-state index in [1.54, 1.807) is 65.3 Å². The average molecular weight is 445 g/mol. The molecule has 0 heterocycles. The Labute approximate surface area is 149 Å². The third-order valence-corrected chi connectivity index (χ3v) is 7.10. The summed E-state index contributed by atoms with van der Waals surface area (Å²) in [5.74, 6) is -1.43. The summed E-state index contributed by atoms with van der Waals surface area (Å²) in [6.45, 7) is 1.83. The van der Waals surface area contributed by atoms with Crippen molar-refractivity contribution in [3.63, 3.8) is 0 Å². The first kappa shape index (κ1) is 17.9. The van der Waals surface area contributed by atoms with Gasteiger partial charge in [0.1, 0.15) is 0 Å². The van der Waals surface area contributed by atoms with Gasteiger partial charge in [-0.2, -0.15) is 0 Å². The van der Waals surface area contributed by atoms with E-state index < -0.39 is 20.7 Å². The molecular weight excluding hydrogens is 429 g/mol. The highest BCUT2D eigenvalue weighted by molar-refractivity contribution is 14.1. The molecule has 0 fully saturated rings. The van der Waals surface area contributed by atoms with Gasteiger partial charge in [-0.05, 0) is 24.6 Å². The SMILES string of the molecule is Cc1ccc(S(=O)(=O)C(Cc2ccccc2)(NI)C(=O)O)cc1. The van der Waals surface area contributed by atoms with Crippen molar-refractivity contribution >= 4 is 38.7 Å². The van der Waals surface area contributed by atoms with E-state index in [0.29, 0.717) is 5.56 Å². The zero-order valence-electron chi connectivity index (χ0n) is 12.4. The molecule has 7 heteroatoms. The fourth-order valence-electron chi connectivity index (χ4n) is 2.21. The summed E-state index contributed by atoms with van der Waals surface area (Å²) in [7, 11) is -4.15. The Morgan fingerprint density at radius 1 is 1.13 bits per heavy atom. The molecule has 0 saturated carbocycles. The lowest BCUT2D eigenvalue weighted by Gasteiger charge is -2.28. The number of aryl methyl sites for hydroxylation is 1. The van der Waals surface area contributed by atoms with Gasteiger partial charge in [-0.3, -0.25) is 0 Å². The quantitative estimate of drug-likeness (QED) is 0.528. The number of rotatable bonds is 6. The van der Waals surface area contributed by atoms with Crippen molar-refractivity contribution in [2.75, 3.05) is 0 Å². The number of benzene rings is 2. The smallest absolute Gasteiger partial charge is 0.341 e. The van der Waals surface area contributed by atoms with Crippen LogP contribution < -0.4 is 3.53 Å². The standard InChI is InChI=1S/C16H16INO4S/c1-12-7-9-14(10-8-12)23(21,22)16(18-17,15(19)20)11-13-5-3-2-4-6-13/h2-10,18H,11H2,1H3,(H,19,20). The van der Waals surface area contributed by atoms with Crippen LogP contribution >= 0.6 is 22.9 Å². The molecule has 1 atom stereocenters. The van der Waals surface area contributed by atoms with Crippen molar-refractivity contribution in [2.24, 2.45) is 0 Å². The minimum absolute atomic E-state index is 0.0226. The summed E-state index contributed by atoms with van der Waals surface area (Å²) in [6.07, 6.45) is -0.178. The Bertz CT molecular complexity index is 791. The molecule has 0 aliphatic rings. The Balaban J connectivity index is 2.57. The first-order valence-electron chi connectivity index (χ1n) is 6.80. The maximum Gasteiger partial charge on any atom is 0.341 e. The fraction of sp³-hybridized carbons (Fsp3) is 0.188. The Hall–Kier alpha value is -1.45. The molecule has 122 valence electrons. The van der Waals surface area contributed by atoms with Crippen molar-refractivity contribution in [3.8, 4) is 0 Å². The van der Waals surface area contributed by atoms with Crippen LogP contribution in [0, 0.1) is 6.92 Å². The lowest BCUT2D eigenvalue weighted by Crippen LogP contribution is -2.56. The summed E-state index contributed by atoms with van der Waals surface area (Å²) < 4.78 is 28.5. The number of nitrogens with one attached hydrogen (secondary N) is 1. The monoisotopic (exact) mass is 445 g/mol. The van der Waals surface area contributed by atoms with Crippen LogP contribution in [0.3, 0.4) is 0 Å². The number of hydrogen-bond donors (Lipinski definition) is 2. The topological polar surface area (TPSA) is 83.5 Å². The molecule has 2 aromatic rings. The largest absolute Gasteiger partial charge is 0.479 e. The molecule has 5 nitrogen and oxygen atoms in total. The Morgan fingerprint density at radius 2 is 1.70 bits per heavy atom. The maximum absolute atomic E-state index is 13.0. The average Bonchev–Trinajstić information content (AvgIpc) is 2.53. The van der Waals surface area contributed by atoms with Crippen LogP contribution in [0.25, 0.3) is 0 Å². The van der Waals surface area contributed by atoms with E-state index >= 15 is 0 Å². The summed E-state index contributed by atoms with van der Waals surface area (Å²) in [5, 5.41) is 9.69. The van der Waals surface area contributed by atoms with Gasteiger partial charge >= 0.3 is 5.97 Å². The van der Waals surface area contributed by atoms with Gasteiger partial charge in [0.05, 0.1) is 4.90 Å². The van der Waals surface area contributed by atoms with Gasteiger partial charge in [-0.1, -0.05) is 48.0 Å². The molecule has 23 heavy (non-hydrogen) atoms. The van der Waals surface area contributed by atoms with E-state index in [9.17, 15) is 18.3 Å². The molecule has 2 rings (SSSR count). The highest BCUT2D eigenvalue weighted by Crippen LogP contribution is 2.29. The second-order valence-electron chi connectivity index (χ2n) is 5.21. The lowest BCUT2D eigenvalue weighted by atomic mass is 10.1. The zero-order valence-corrected chi connectivity index (χ0v) is 15.3. The van der Waals surface area contributed by atoms with Gasteiger partial charge in [-0.15, -0.1) is 0 Å². The van der Waals surface area contributed by atoms with Crippen LogP contribution in [-0.4, -0.2) is 24.4 Å². The normalized spacial score (nSPS) is 14.2. The van der Waals surface area contributed by atoms with Crippen LogP contribution in [-0.2, 0) is 21.1 Å². The maximum atomic E-state index is 13.0. The number of carboxylic acids is 1. The van der Waals surface area contributed by atoms with Crippen LogP contribution in [0.4, 0.5) is 0 Å². The second-order valence-corrected chi connectivity index (χ2v) is 7.92. The summed E-state index contributed by atoms with van der Waals surface area (Å²) in [6, 6.07) is 14.8. The van der Waals surface area contributed by atoms with Crippen molar-refractivity contribution in [2.45, 2.75) is 23.1 Å². The van der Waals surface area contributed by atoms with E-state index in [1.807, 2.05) is 6.92 Å². The molecule has 0 aliphatic carbocycles. The summed E-state index contributed by atoms with van der Waals surface area (Å²) in [5.41, 5.74) is 1.52. The molecule has 0 aromatic heterocycles. The molecule has 0 saturated heterocycles. The molecule has 0 radical (unpaired) electrons. The van der Waals surface area contributed by atoms with Crippen LogP contribution in [0.15, 0.2) is 59.5 Å². The second kappa shape index (κ2) is 6.98. The minimum Gasteiger partial charge on any atom is -0.479 e. The van der Waals surface area contributed by atoms with Crippen LogP contribution in [0.1, 0.15) is 11.1 Å². The number of carbonyl (C=O) groups is 1. The predicted octanol–water partition coefficient (Wildman–Crippen LogP) is 2.73. The fourth-order valence-corrected chi connectivity index (χ4v) is 5.09. The number of halogens is 1. The number of carboxylic acid groups (broad SMARTS) is 1. The number of sulfone groups is 1. The van der Waals surface area contributed by atoms with Crippen molar-refractivity contribution in [1.82, 2.24) is 3.53 Å². The van der Waals surface area contributed by atoms with Crippen molar-refractivity contribution < 1.29 is 18.3 Å². The summed E-state index contributed by atoms with van der Waals surface area (Å²) in [4.78, 5) is 9.74. The van der Waals surface area contributed by atoms with Gasteiger partial charge in [0, 0.05) is 29.3 Å². The third kappa shape index (κ3) is 3.41. The molecule has 0 aliphatic heterocycles. The Morgan fingerprint density at radius 3 is 2.17 bits per heavy atom. The van der Waals surface area contributed by atoms with E-state index in [1.165, 1.54) is 12.1 Å². The first-order valence-corrected chi connectivity index (χ1v) is 9.36. The molecule has 0 bridgehead atoms. The van der Waals surface area contributed by atoms with Crippen LogP contribution in [0.2, 0.25) is 0 Å². The van der Waals surface area contributed by atoms with Crippen LogP contribution in [0.5, 0.6) is 0 Å². The third-order valence-electron chi connectivity index (χ3n) is 3.58. The highest BCUT2D eigenvalue weighted by Gasteiger charge is 2.51. The van der Waals surface area contributed by atoms with E-state index in [2.05, 4.69) is 3.53 Å². The number of aliphatic carboxylic acids is 1.